The molecule has 0 saturated heterocycles. The van der Waals surface area contributed by atoms with Gasteiger partial charge in [0, 0.05) is 0 Å². The molecule has 0 radical (unpaired) electrons. The summed E-state index contributed by atoms with van der Waals surface area (Å²) in [6, 6.07) is 0. The van der Waals surface area contributed by atoms with Crippen LogP contribution in [0.15, 0.2) is 0 Å². The predicted molar refractivity (Wildman–Crippen MR) is 29.3 cm³/mol. The van der Waals surface area contributed by atoms with Crippen molar-refractivity contribution in [2.75, 3.05) is 0 Å². The Labute approximate surface area is 72.4 Å². The van der Waals surface area contributed by atoms with Crippen molar-refractivity contribution in [1.29, 1.82) is 0 Å². The highest BCUT2D eigenvalue weighted by molar-refractivity contribution is 6.36. The summed E-state index contributed by atoms with van der Waals surface area (Å²) in [7, 11) is 0. The minimum Gasteiger partial charge on any atom is -0.214 e. The molecule has 0 bridgehead atoms. The van der Waals surface area contributed by atoms with E-state index in [2.05, 4.69) is 23.2 Å². The van der Waals surface area contributed by atoms with Crippen molar-refractivity contribution in [2.45, 2.75) is 22.1 Å². The van der Waals surface area contributed by atoms with Gasteiger partial charge >= 0.3 is 22.1 Å². The van der Waals surface area contributed by atoms with E-state index in [1.54, 1.807) is 0 Å². The lowest BCUT2D eigenvalue weighted by Gasteiger charge is -2.51. The van der Waals surface area contributed by atoms with E-state index in [1.807, 2.05) is 0 Å². The second-order valence-electron chi connectivity index (χ2n) is 2.30. The molecule has 1 aliphatic carbocycles. The first-order chi connectivity index (χ1) is 5.00. The third-order valence-electron chi connectivity index (χ3n) is 1.58. The standard InChI is InChI=1S/C4Cl2F6/c5-1(7)2(6,8)4(11,12)3(1,9)10. The predicted octanol–water partition coefficient (Wildman–Crippen LogP) is 3.08. The topological polar surface area (TPSA) is 0 Å². The molecule has 0 aromatic rings. The Kier molecular flexibility index (Phi) is 1.68. The van der Waals surface area contributed by atoms with Crippen LogP contribution in [-0.2, 0) is 0 Å². The van der Waals surface area contributed by atoms with Gasteiger partial charge in [0.25, 0.3) is 0 Å². The summed E-state index contributed by atoms with van der Waals surface area (Å²) in [6.45, 7) is 0. The molecule has 0 heterocycles. The van der Waals surface area contributed by atoms with Crippen molar-refractivity contribution < 1.29 is 26.3 Å². The Hall–Kier alpha value is 0.160. The fourth-order valence-electron chi connectivity index (χ4n) is 0.726. The number of alkyl halides is 8. The van der Waals surface area contributed by atoms with E-state index in [4.69, 9.17) is 0 Å². The smallest absolute Gasteiger partial charge is 0.214 e. The molecule has 2 atom stereocenters. The summed E-state index contributed by atoms with van der Waals surface area (Å²) in [6.07, 6.45) is 0. The van der Waals surface area contributed by atoms with Crippen LogP contribution >= 0.6 is 23.2 Å². The Morgan fingerprint density at radius 2 is 0.750 bits per heavy atom. The van der Waals surface area contributed by atoms with E-state index in [1.165, 1.54) is 0 Å². The molecule has 0 nitrogen and oxygen atoms in total. The lowest BCUT2D eigenvalue weighted by atomic mass is 9.83. The van der Waals surface area contributed by atoms with Crippen LogP contribution < -0.4 is 0 Å². The van der Waals surface area contributed by atoms with Crippen molar-refractivity contribution in [2.24, 2.45) is 0 Å². The molecule has 1 fully saturated rings. The average molecular weight is 233 g/mol. The first kappa shape index (κ1) is 10.2. The molecule has 0 aromatic carbocycles. The molecule has 2 unspecified atom stereocenters. The monoisotopic (exact) mass is 232 g/mol. The zero-order valence-corrected chi connectivity index (χ0v) is 6.54. The normalized spacial score (nSPS) is 50.0. The van der Waals surface area contributed by atoms with E-state index in [-0.39, 0.29) is 0 Å². The average Bonchev–Trinajstić information content (AvgIpc) is 1.84. The molecule has 0 spiro atoms. The molecule has 12 heavy (non-hydrogen) atoms. The Bertz CT molecular complexity index is 158. The molecule has 1 saturated carbocycles. The summed E-state index contributed by atoms with van der Waals surface area (Å²) in [5, 5.41) is -9.13. The Balaban J connectivity index is 3.16. The summed E-state index contributed by atoms with van der Waals surface area (Å²) in [4.78, 5) is 0. The third-order valence-corrected chi connectivity index (χ3v) is 2.67. The Morgan fingerprint density at radius 1 is 0.583 bits per heavy atom. The zero-order valence-electron chi connectivity index (χ0n) is 5.02. The number of rotatable bonds is 0. The van der Waals surface area contributed by atoms with E-state index in [0.717, 1.165) is 0 Å². The van der Waals surface area contributed by atoms with Crippen LogP contribution in [0, 0.1) is 0 Å². The molecular formula is C4Cl2F6. The van der Waals surface area contributed by atoms with Gasteiger partial charge in [0.15, 0.2) is 0 Å². The van der Waals surface area contributed by atoms with Crippen molar-refractivity contribution in [3.8, 4) is 0 Å². The van der Waals surface area contributed by atoms with Gasteiger partial charge in [0.05, 0.1) is 0 Å². The van der Waals surface area contributed by atoms with Gasteiger partial charge in [-0.1, -0.05) is 23.2 Å². The molecule has 0 aromatic heterocycles. The van der Waals surface area contributed by atoms with Crippen LogP contribution in [-0.4, -0.2) is 22.1 Å². The van der Waals surface area contributed by atoms with E-state index >= 15 is 0 Å². The summed E-state index contributed by atoms with van der Waals surface area (Å²) in [5.41, 5.74) is 0. The lowest BCUT2D eigenvalue weighted by molar-refractivity contribution is -0.384. The first-order valence-electron chi connectivity index (χ1n) is 2.51. The molecule has 1 aliphatic rings. The Morgan fingerprint density at radius 3 is 0.833 bits per heavy atom. The molecule has 0 aliphatic heterocycles. The van der Waals surface area contributed by atoms with Crippen LogP contribution in [0.1, 0.15) is 0 Å². The third kappa shape index (κ3) is 0.652. The van der Waals surface area contributed by atoms with Crippen LogP contribution in [0.4, 0.5) is 26.3 Å². The summed E-state index contributed by atoms with van der Waals surface area (Å²) in [5.74, 6) is -10.6. The largest absolute Gasteiger partial charge is 0.366 e. The van der Waals surface area contributed by atoms with Gasteiger partial charge in [0.1, 0.15) is 0 Å². The number of halogens is 8. The van der Waals surface area contributed by atoms with Crippen molar-refractivity contribution in [3.63, 3.8) is 0 Å². The highest BCUT2D eigenvalue weighted by Gasteiger charge is 2.98. The fourth-order valence-corrected chi connectivity index (χ4v) is 1.20. The van der Waals surface area contributed by atoms with Crippen molar-refractivity contribution in [1.82, 2.24) is 0 Å². The van der Waals surface area contributed by atoms with Gasteiger partial charge in [-0.05, 0) is 0 Å². The summed E-state index contributed by atoms with van der Waals surface area (Å²) < 4.78 is 72.6. The van der Waals surface area contributed by atoms with E-state index in [9.17, 15) is 26.3 Å². The maximum atomic E-state index is 12.3. The fraction of sp³-hybridized carbons (Fsp3) is 1.00. The van der Waals surface area contributed by atoms with Gasteiger partial charge < -0.3 is 0 Å². The second kappa shape index (κ2) is 1.97. The first-order valence-corrected chi connectivity index (χ1v) is 3.27. The quantitative estimate of drug-likeness (QED) is 0.445. The van der Waals surface area contributed by atoms with E-state index in [0.29, 0.717) is 0 Å². The minimum atomic E-state index is -5.29. The van der Waals surface area contributed by atoms with Crippen molar-refractivity contribution >= 4 is 23.2 Å². The SMILES string of the molecule is FC1(F)C(F)(F)C(F)(Cl)C1(F)Cl. The highest BCUT2D eigenvalue weighted by atomic mass is 35.5. The highest BCUT2D eigenvalue weighted by Crippen LogP contribution is 2.71. The number of hydrogen-bond donors (Lipinski definition) is 0. The van der Waals surface area contributed by atoms with Crippen LogP contribution in [0.2, 0.25) is 0 Å². The van der Waals surface area contributed by atoms with Gasteiger partial charge in [0.2, 0.25) is 0 Å². The molecule has 72 valence electrons. The lowest BCUT2D eigenvalue weighted by Crippen LogP contribution is -2.81. The minimum absolute atomic E-state index is 4.17. The number of hydrogen-bond acceptors (Lipinski definition) is 0. The molecule has 8 heteroatoms. The maximum absolute atomic E-state index is 12.3. The summed E-state index contributed by atoms with van der Waals surface area (Å²) >= 11 is 8.34. The van der Waals surface area contributed by atoms with Crippen LogP contribution in [0.5, 0.6) is 0 Å². The molecular weight excluding hydrogens is 233 g/mol. The maximum Gasteiger partial charge on any atom is 0.366 e. The zero-order chi connectivity index (χ0) is 10.0. The molecule has 0 amide bonds. The van der Waals surface area contributed by atoms with Gasteiger partial charge in [-0.25, -0.2) is 8.78 Å². The van der Waals surface area contributed by atoms with Gasteiger partial charge in [-0.15, -0.1) is 0 Å². The van der Waals surface area contributed by atoms with E-state index < -0.39 is 22.1 Å². The van der Waals surface area contributed by atoms with Crippen LogP contribution in [0.3, 0.4) is 0 Å². The van der Waals surface area contributed by atoms with Gasteiger partial charge in [-0.3, -0.25) is 0 Å². The molecule has 1 rings (SSSR count). The second-order valence-corrected chi connectivity index (χ2v) is 3.34. The molecule has 0 N–H and O–H groups in total. The van der Waals surface area contributed by atoms with Gasteiger partial charge in [-0.2, -0.15) is 17.6 Å². The van der Waals surface area contributed by atoms with Crippen molar-refractivity contribution in [3.05, 3.63) is 0 Å². The van der Waals surface area contributed by atoms with Crippen LogP contribution in [0.25, 0.3) is 0 Å².